The van der Waals surface area contributed by atoms with Crippen LogP contribution in [-0.2, 0) is 31.3 Å². The van der Waals surface area contributed by atoms with Gasteiger partial charge in [-0.15, -0.1) is 0 Å². The molecule has 0 N–H and O–H groups in total. The second-order valence-electron chi connectivity index (χ2n) is 6.38. The van der Waals surface area contributed by atoms with Gasteiger partial charge in [0.25, 0.3) is 0 Å². The number of nitrogens with zero attached hydrogens (tertiary/aromatic N) is 1. The molecule has 1 aliphatic carbocycles. The van der Waals surface area contributed by atoms with E-state index in [2.05, 4.69) is 83.8 Å². The van der Waals surface area contributed by atoms with E-state index in [9.17, 15) is 0 Å². The molecular formula is C22H16NZr. The molecule has 0 spiro atoms. The third kappa shape index (κ3) is 2.10. The van der Waals surface area contributed by atoms with Crippen LogP contribution in [0.2, 0.25) is 0 Å². The molecule has 0 saturated carbocycles. The Hall–Kier alpha value is -1.92. The van der Waals surface area contributed by atoms with Gasteiger partial charge in [-0.3, -0.25) is 0 Å². The van der Waals surface area contributed by atoms with Gasteiger partial charge < -0.3 is 0 Å². The second kappa shape index (κ2) is 5.57. The van der Waals surface area contributed by atoms with Crippen LogP contribution in [0.15, 0.2) is 72.8 Å². The number of hydrogen-bond donors (Lipinski definition) is 0. The molecule has 0 fully saturated rings. The molecule has 1 aliphatic heterocycles. The van der Waals surface area contributed by atoms with Crippen molar-refractivity contribution in [3.05, 3.63) is 89.5 Å². The number of allylic oxidation sites excluding steroid dienone is 1. The average molecular weight is 386 g/mol. The Labute approximate surface area is 157 Å². The predicted molar refractivity (Wildman–Crippen MR) is 95.9 cm³/mol. The van der Waals surface area contributed by atoms with E-state index < -0.39 is 0 Å². The van der Waals surface area contributed by atoms with E-state index >= 15 is 0 Å². The molecular weight excluding hydrogens is 369 g/mol. The molecule has 0 radical (unpaired) electrons. The summed E-state index contributed by atoms with van der Waals surface area (Å²) in [7, 11) is 0. The van der Waals surface area contributed by atoms with Gasteiger partial charge in [-0.1, -0.05) is 0 Å². The van der Waals surface area contributed by atoms with E-state index in [0.717, 1.165) is 6.54 Å². The topological polar surface area (TPSA) is 3.24 Å². The molecule has 3 aromatic rings. The zero-order valence-corrected chi connectivity index (χ0v) is 15.7. The average Bonchev–Trinajstić information content (AvgIpc) is 3.02. The Balaban J connectivity index is 1.73. The van der Waals surface area contributed by atoms with E-state index in [0.29, 0.717) is 3.63 Å². The van der Waals surface area contributed by atoms with Crippen molar-refractivity contribution in [3.63, 3.8) is 0 Å². The van der Waals surface area contributed by atoms with Gasteiger partial charge in [-0.25, -0.2) is 0 Å². The first kappa shape index (κ1) is 14.4. The number of benzene rings is 3. The van der Waals surface area contributed by atoms with E-state index in [-0.39, 0.29) is 0 Å². The normalized spacial score (nSPS) is 17.3. The summed E-state index contributed by atoms with van der Waals surface area (Å²) in [5.41, 5.74) is 9.61. The van der Waals surface area contributed by atoms with Crippen LogP contribution in [0.1, 0.15) is 20.3 Å². The molecule has 1 atom stereocenters. The Morgan fingerprint density at radius 2 is 1.54 bits per heavy atom. The first-order valence-corrected chi connectivity index (χ1v) is 9.72. The fourth-order valence-electron chi connectivity index (χ4n) is 3.88. The molecule has 5 rings (SSSR count). The third-order valence-corrected chi connectivity index (χ3v) is 6.27. The maximum atomic E-state index is 2.48. The quantitative estimate of drug-likeness (QED) is 0.525. The van der Waals surface area contributed by atoms with Crippen molar-refractivity contribution in [1.29, 1.82) is 0 Å². The molecule has 0 saturated heterocycles. The van der Waals surface area contributed by atoms with Gasteiger partial charge in [-0.2, -0.15) is 0 Å². The Kier molecular flexibility index (Phi) is 3.35. The van der Waals surface area contributed by atoms with Gasteiger partial charge in [-0.05, 0) is 0 Å². The SMILES string of the molecule is [Zr][CH]1C=Cc2c1cccc2N1Cc2ccccc2-c2ccccc21. The van der Waals surface area contributed by atoms with Crippen LogP contribution >= 0.6 is 0 Å². The summed E-state index contributed by atoms with van der Waals surface area (Å²) in [5, 5.41) is 0. The molecule has 24 heavy (non-hydrogen) atoms. The van der Waals surface area contributed by atoms with E-state index in [1.54, 1.807) is 24.7 Å². The van der Waals surface area contributed by atoms with Crippen LogP contribution in [-0.4, -0.2) is 0 Å². The van der Waals surface area contributed by atoms with Crippen molar-refractivity contribution in [2.45, 2.75) is 10.2 Å². The Bertz CT molecular complexity index is 973. The van der Waals surface area contributed by atoms with E-state index in [4.69, 9.17) is 0 Å². The fraction of sp³-hybridized carbons (Fsp3) is 0.0909. The molecule has 1 unspecified atom stereocenters. The van der Waals surface area contributed by atoms with Crippen molar-refractivity contribution in [2.75, 3.05) is 4.90 Å². The zero-order valence-electron chi connectivity index (χ0n) is 13.2. The minimum atomic E-state index is 0.597. The Morgan fingerprint density at radius 3 is 2.46 bits per heavy atom. The van der Waals surface area contributed by atoms with Crippen LogP contribution in [0.25, 0.3) is 17.2 Å². The number of fused-ring (bicyclic) bond motifs is 4. The van der Waals surface area contributed by atoms with E-state index in [1.165, 1.54) is 39.2 Å². The standard InChI is InChI=1S/C22H16N.Zr/c1-2-10-18-17(7-1)15-23(22-13-4-3-11-20(18)22)21-14-6-9-16-8-5-12-19(16)21;/h1-14H,15H2;. The van der Waals surface area contributed by atoms with Crippen LogP contribution in [0.5, 0.6) is 0 Å². The third-order valence-electron chi connectivity index (χ3n) is 5.03. The number of rotatable bonds is 1. The summed E-state index contributed by atoms with van der Waals surface area (Å²) in [5.74, 6) is 0. The van der Waals surface area contributed by atoms with Gasteiger partial charge in [0.1, 0.15) is 0 Å². The Morgan fingerprint density at radius 1 is 0.792 bits per heavy atom. The summed E-state index contributed by atoms with van der Waals surface area (Å²) in [6, 6.07) is 24.3. The van der Waals surface area contributed by atoms with Gasteiger partial charge in [0.05, 0.1) is 0 Å². The van der Waals surface area contributed by atoms with Crippen molar-refractivity contribution < 1.29 is 24.7 Å². The van der Waals surface area contributed by atoms with Gasteiger partial charge in [0.2, 0.25) is 0 Å². The molecule has 0 amide bonds. The molecule has 2 aliphatic rings. The van der Waals surface area contributed by atoms with Gasteiger partial charge in [0.15, 0.2) is 0 Å². The molecule has 0 aromatic heterocycles. The van der Waals surface area contributed by atoms with Crippen LogP contribution in [0.4, 0.5) is 11.4 Å². The van der Waals surface area contributed by atoms with E-state index in [1.807, 2.05) is 0 Å². The number of para-hydroxylation sites is 1. The van der Waals surface area contributed by atoms with Crippen molar-refractivity contribution in [2.24, 2.45) is 0 Å². The van der Waals surface area contributed by atoms with Crippen molar-refractivity contribution in [3.8, 4) is 11.1 Å². The summed E-state index contributed by atoms with van der Waals surface area (Å²) in [6.45, 7) is 0.930. The summed E-state index contributed by atoms with van der Waals surface area (Å²) >= 11 is 1.56. The fourth-order valence-corrected chi connectivity index (χ4v) is 4.74. The molecule has 113 valence electrons. The number of hydrogen-bond acceptors (Lipinski definition) is 1. The van der Waals surface area contributed by atoms with Crippen molar-refractivity contribution >= 4 is 17.5 Å². The zero-order chi connectivity index (χ0) is 16.1. The van der Waals surface area contributed by atoms with Crippen LogP contribution < -0.4 is 4.90 Å². The van der Waals surface area contributed by atoms with Crippen LogP contribution in [0, 0.1) is 0 Å². The molecule has 0 bridgehead atoms. The first-order valence-electron chi connectivity index (χ1n) is 8.30. The van der Waals surface area contributed by atoms with Gasteiger partial charge >= 0.3 is 158 Å². The summed E-state index contributed by atoms with van der Waals surface area (Å²) in [4.78, 5) is 2.48. The van der Waals surface area contributed by atoms with Gasteiger partial charge in [0, 0.05) is 0 Å². The summed E-state index contributed by atoms with van der Waals surface area (Å²) in [6.07, 6.45) is 4.66. The predicted octanol–water partition coefficient (Wildman–Crippen LogP) is 5.62. The molecule has 1 nitrogen and oxygen atoms in total. The van der Waals surface area contributed by atoms with Crippen molar-refractivity contribution in [1.82, 2.24) is 0 Å². The first-order chi connectivity index (χ1) is 11.8. The molecule has 2 heteroatoms. The number of anilines is 2. The van der Waals surface area contributed by atoms with Crippen LogP contribution in [0.3, 0.4) is 0 Å². The monoisotopic (exact) mass is 384 g/mol. The maximum absolute atomic E-state index is 2.48. The minimum absolute atomic E-state index is 0.597. The molecule has 3 aromatic carbocycles. The second-order valence-corrected chi connectivity index (χ2v) is 7.91. The summed E-state index contributed by atoms with van der Waals surface area (Å²) < 4.78 is 0.597. The molecule has 1 heterocycles.